The van der Waals surface area contributed by atoms with Crippen molar-refractivity contribution in [2.45, 2.75) is 98.4 Å². The third-order valence-corrected chi connectivity index (χ3v) is 6.38. The van der Waals surface area contributed by atoms with Gasteiger partial charge in [0, 0.05) is 12.6 Å². The quantitative estimate of drug-likeness (QED) is 0.393. The zero-order chi connectivity index (χ0) is 23.8. The number of carbonyl (C=O) groups excluding carboxylic acids is 1. The van der Waals surface area contributed by atoms with E-state index in [-0.39, 0.29) is 16.9 Å². The number of hydrogen-bond acceptors (Lipinski definition) is 3. The Morgan fingerprint density at radius 3 is 2.44 bits per heavy atom. The largest absolute Gasteiger partial charge is 0.465 e. The van der Waals surface area contributed by atoms with Crippen LogP contribution in [0, 0.1) is 10.8 Å². The van der Waals surface area contributed by atoms with Gasteiger partial charge in [-0.1, -0.05) is 59.6 Å². The van der Waals surface area contributed by atoms with E-state index in [4.69, 9.17) is 9.84 Å². The summed E-state index contributed by atoms with van der Waals surface area (Å²) in [5.74, 6) is 0.635. The van der Waals surface area contributed by atoms with Crippen LogP contribution in [0.5, 0.6) is 5.75 Å². The van der Waals surface area contributed by atoms with Crippen molar-refractivity contribution in [3.8, 4) is 5.75 Å². The summed E-state index contributed by atoms with van der Waals surface area (Å²) in [5, 5.41) is 14.7. The molecule has 0 saturated heterocycles. The SMILES string of the molecule is CCCCc1ccc(OC(=O)NCC2(C)CC(NC(=O)O)CC(C)(C)C2)c(CCCC)c1. The molecule has 180 valence electrons. The molecule has 1 aliphatic carbocycles. The highest BCUT2D eigenvalue weighted by Crippen LogP contribution is 2.45. The van der Waals surface area contributed by atoms with Gasteiger partial charge in [0.25, 0.3) is 0 Å². The number of amides is 2. The standard InChI is InChI=1S/C26H42N2O4/c1-6-8-10-19-12-13-22(20(14-19)11-9-7-2)32-24(31)27-18-26(5)16-21(28-23(29)30)15-25(3,4)17-26/h12-14,21,28H,6-11,15-18H2,1-5H3,(H,27,31)(H,29,30). The van der Waals surface area contributed by atoms with Crippen molar-refractivity contribution in [2.75, 3.05) is 6.54 Å². The maximum Gasteiger partial charge on any atom is 0.412 e. The van der Waals surface area contributed by atoms with Crippen LogP contribution in [-0.2, 0) is 12.8 Å². The van der Waals surface area contributed by atoms with Gasteiger partial charge in [-0.05, 0) is 73.0 Å². The molecule has 3 N–H and O–H groups in total. The van der Waals surface area contributed by atoms with Crippen molar-refractivity contribution in [2.24, 2.45) is 10.8 Å². The number of aryl methyl sites for hydroxylation is 2. The zero-order valence-corrected chi connectivity index (χ0v) is 20.6. The molecule has 2 unspecified atom stereocenters. The van der Waals surface area contributed by atoms with Gasteiger partial charge >= 0.3 is 12.2 Å². The Morgan fingerprint density at radius 1 is 1.09 bits per heavy atom. The number of rotatable bonds is 10. The van der Waals surface area contributed by atoms with Crippen LogP contribution in [0.3, 0.4) is 0 Å². The van der Waals surface area contributed by atoms with Gasteiger partial charge < -0.3 is 20.5 Å². The molecule has 1 aromatic carbocycles. The molecule has 0 aliphatic heterocycles. The van der Waals surface area contributed by atoms with E-state index >= 15 is 0 Å². The Balaban J connectivity index is 2.02. The highest BCUT2D eigenvalue weighted by atomic mass is 16.6. The highest BCUT2D eigenvalue weighted by Gasteiger charge is 2.42. The van der Waals surface area contributed by atoms with Crippen molar-refractivity contribution >= 4 is 12.2 Å². The smallest absolute Gasteiger partial charge is 0.412 e. The maximum atomic E-state index is 12.7. The molecule has 1 saturated carbocycles. The summed E-state index contributed by atoms with van der Waals surface area (Å²) in [5.41, 5.74) is 2.17. The van der Waals surface area contributed by atoms with Gasteiger partial charge in [-0.3, -0.25) is 0 Å². The first-order valence-corrected chi connectivity index (χ1v) is 12.1. The van der Waals surface area contributed by atoms with E-state index < -0.39 is 12.2 Å². The second-order valence-corrected chi connectivity index (χ2v) is 10.6. The second kappa shape index (κ2) is 11.6. The molecule has 1 aromatic rings. The molecule has 2 amide bonds. The van der Waals surface area contributed by atoms with Crippen LogP contribution in [-0.4, -0.2) is 29.9 Å². The molecule has 0 bridgehead atoms. The molecule has 1 fully saturated rings. The lowest BCUT2D eigenvalue weighted by molar-refractivity contribution is 0.0695. The topological polar surface area (TPSA) is 87.7 Å². The molecule has 0 radical (unpaired) electrons. The minimum Gasteiger partial charge on any atom is -0.465 e. The Bertz CT molecular complexity index is 777. The van der Waals surface area contributed by atoms with E-state index in [0.29, 0.717) is 18.7 Å². The van der Waals surface area contributed by atoms with E-state index in [1.165, 1.54) is 5.56 Å². The first-order valence-electron chi connectivity index (χ1n) is 12.1. The minimum atomic E-state index is -0.996. The Morgan fingerprint density at radius 2 is 1.78 bits per heavy atom. The van der Waals surface area contributed by atoms with E-state index in [1.54, 1.807) is 0 Å². The van der Waals surface area contributed by atoms with Crippen LogP contribution in [0.1, 0.15) is 90.7 Å². The van der Waals surface area contributed by atoms with E-state index in [9.17, 15) is 9.59 Å². The summed E-state index contributed by atoms with van der Waals surface area (Å²) in [6, 6.07) is 6.05. The maximum absolute atomic E-state index is 12.7. The van der Waals surface area contributed by atoms with Gasteiger partial charge in [0.05, 0.1) is 0 Å². The third-order valence-electron chi connectivity index (χ3n) is 6.38. The van der Waals surface area contributed by atoms with Crippen LogP contribution >= 0.6 is 0 Å². The number of carboxylic acid groups (broad SMARTS) is 1. The highest BCUT2D eigenvalue weighted by molar-refractivity contribution is 5.71. The number of nitrogens with one attached hydrogen (secondary N) is 2. The number of carbonyl (C=O) groups is 2. The normalized spacial score (nSPS) is 22.2. The summed E-state index contributed by atoms with van der Waals surface area (Å²) < 4.78 is 5.72. The fourth-order valence-electron chi connectivity index (χ4n) is 5.30. The molecule has 2 atom stereocenters. The molecule has 0 aromatic heterocycles. The summed E-state index contributed by atoms with van der Waals surface area (Å²) >= 11 is 0. The molecular formula is C26H42N2O4. The van der Waals surface area contributed by atoms with Gasteiger partial charge in [0.2, 0.25) is 0 Å². The molecule has 0 heterocycles. The van der Waals surface area contributed by atoms with Gasteiger partial charge in [-0.15, -0.1) is 0 Å². The monoisotopic (exact) mass is 446 g/mol. The summed E-state index contributed by atoms with van der Waals surface area (Å²) in [7, 11) is 0. The number of ether oxygens (including phenoxy) is 1. The average Bonchev–Trinajstić information content (AvgIpc) is 2.68. The minimum absolute atomic E-state index is 0.00660. The van der Waals surface area contributed by atoms with Gasteiger partial charge in [0.1, 0.15) is 5.75 Å². The van der Waals surface area contributed by atoms with Crippen LogP contribution in [0.4, 0.5) is 9.59 Å². The molecular weight excluding hydrogens is 404 g/mol. The third kappa shape index (κ3) is 8.36. The Kier molecular flexibility index (Phi) is 9.41. The van der Waals surface area contributed by atoms with Crippen LogP contribution in [0.2, 0.25) is 0 Å². The number of benzene rings is 1. The van der Waals surface area contributed by atoms with E-state index in [2.05, 4.69) is 57.4 Å². The Labute approximate surface area is 193 Å². The molecule has 32 heavy (non-hydrogen) atoms. The van der Waals surface area contributed by atoms with Gasteiger partial charge in [-0.2, -0.15) is 0 Å². The molecule has 6 nitrogen and oxygen atoms in total. The van der Waals surface area contributed by atoms with Crippen LogP contribution in [0.15, 0.2) is 18.2 Å². The first-order chi connectivity index (χ1) is 15.1. The van der Waals surface area contributed by atoms with Crippen LogP contribution in [0.25, 0.3) is 0 Å². The van der Waals surface area contributed by atoms with Crippen molar-refractivity contribution in [3.05, 3.63) is 29.3 Å². The fourth-order valence-corrected chi connectivity index (χ4v) is 5.30. The first kappa shape index (κ1) is 26.0. The van der Waals surface area contributed by atoms with E-state index in [0.717, 1.165) is 56.9 Å². The summed E-state index contributed by atoms with van der Waals surface area (Å²) in [4.78, 5) is 23.8. The van der Waals surface area contributed by atoms with Crippen molar-refractivity contribution in [1.82, 2.24) is 10.6 Å². The van der Waals surface area contributed by atoms with Crippen molar-refractivity contribution < 1.29 is 19.4 Å². The number of hydrogen-bond donors (Lipinski definition) is 3. The van der Waals surface area contributed by atoms with Crippen molar-refractivity contribution in [3.63, 3.8) is 0 Å². The average molecular weight is 447 g/mol. The molecule has 1 aliphatic rings. The van der Waals surface area contributed by atoms with Gasteiger partial charge in [-0.25, -0.2) is 9.59 Å². The molecule has 0 spiro atoms. The van der Waals surface area contributed by atoms with Gasteiger partial charge in [0.15, 0.2) is 0 Å². The fraction of sp³-hybridized carbons (Fsp3) is 0.692. The van der Waals surface area contributed by atoms with Crippen molar-refractivity contribution in [1.29, 1.82) is 0 Å². The summed E-state index contributed by atoms with van der Waals surface area (Å²) in [6.07, 6.45) is 7.35. The number of unbranched alkanes of at least 4 members (excludes halogenated alkanes) is 2. The Hall–Kier alpha value is -2.24. The second-order valence-electron chi connectivity index (χ2n) is 10.6. The van der Waals surface area contributed by atoms with E-state index in [1.807, 2.05) is 6.07 Å². The summed E-state index contributed by atoms with van der Waals surface area (Å²) in [6.45, 7) is 11.2. The lowest BCUT2D eigenvalue weighted by Gasteiger charge is -2.46. The molecule has 2 rings (SSSR count). The lowest BCUT2D eigenvalue weighted by Crippen LogP contribution is -2.50. The van der Waals surface area contributed by atoms with Crippen LogP contribution < -0.4 is 15.4 Å². The zero-order valence-electron chi connectivity index (χ0n) is 20.6. The molecule has 6 heteroatoms. The lowest BCUT2D eigenvalue weighted by atomic mass is 9.62. The predicted octanol–water partition coefficient (Wildman–Crippen LogP) is 6.31. The predicted molar refractivity (Wildman–Crippen MR) is 128 cm³/mol.